The Bertz CT molecular complexity index is 528. The summed E-state index contributed by atoms with van der Waals surface area (Å²) in [5, 5.41) is 11.4. The normalized spacial score (nSPS) is 16.4. The molecule has 1 aromatic rings. The summed E-state index contributed by atoms with van der Waals surface area (Å²) < 4.78 is 13.1. The van der Waals surface area contributed by atoms with Crippen LogP contribution in [0.2, 0.25) is 0 Å². The number of rotatable bonds is 6. The van der Waals surface area contributed by atoms with Gasteiger partial charge in [0.25, 0.3) is 0 Å². The molecule has 1 aromatic carbocycles. The van der Waals surface area contributed by atoms with Crippen LogP contribution in [-0.4, -0.2) is 41.5 Å². The maximum atomic E-state index is 13.1. The third-order valence-electron chi connectivity index (χ3n) is 3.92. The van der Waals surface area contributed by atoms with Crippen LogP contribution in [0.3, 0.4) is 0 Å². The second kappa shape index (κ2) is 7.89. The first kappa shape index (κ1) is 16.4. The lowest BCUT2D eigenvalue weighted by Gasteiger charge is -2.31. The number of hydrogen-bond acceptors (Lipinski definition) is 3. The van der Waals surface area contributed by atoms with Crippen LogP contribution in [-0.2, 0) is 9.59 Å². The van der Waals surface area contributed by atoms with Crippen molar-refractivity contribution in [2.24, 2.45) is 5.92 Å². The number of benzene rings is 1. The van der Waals surface area contributed by atoms with Crippen LogP contribution in [0.1, 0.15) is 25.7 Å². The molecule has 6 heteroatoms. The molecule has 0 atom stereocenters. The molecule has 0 spiro atoms. The quantitative estimate of drug-likeness (QED) is 0.846. The van der Waals surface area contributed by atoms with Gasteiger partial charge in [0.2, 0.25) is 5.91 Å². The van der Waals surface area contributed by atoms with E-state index < -0.39 is 5.97 Å². The maximum absolute atomic E-state index is 13.1. The van der Waals surface area contributed by atoms with Gasteiger partial charge in [-0.15, -0.1) is 0 Å². The van der Waals surface area contributed by atoms with Crippen molar-refractivity contribution in [1.82, 2.24) is 4.90 Å². The molecule has 1 heterocycles. The van der Waals surface area contributed by atoms with Crippen LogP contribution in [0.25, 0.3) is 0 Å². The van der Waals surface area contributed by atoms with Crippen molar-refractivity contribution >= 4 is 17.6 Å². The van der Waals surface area contributed by atoms with E-state index in [2.05, 4.69) is 10.2 Å². The summed E-state index contributed by atoms with van der Waals surface area (Å²) in [5.41, 5.74) is 0.480. The third-order valence-corrected chi connectivity index (χ3v) is 3.92. The zero-order valence-corrected chi connectivity index (χ0v) is 12.4. The minimum atomic E-state index is -0.774. The number of amides is 1. The zero-order chi connectivity index (χ0) is 15.9. The minimum Gasteiger partial charge on any atom is -0.481 e. The minimum absolute atomic E-state index is 0.0704. The molecule has 0 unspecified atom stereocenters. The molecule has 5 nitrogen and oxygen atoms in total. The molecule has 0 bridgehead atoms. The lowest BCUT2D eigenvalue weighted by Crippen LogP contribution is -2.38. The second-order valence-corrected chi connectivity index (χ2v) is 5.61. The van der Waals surface area contributed by atoms with Gasteiger partial charge in [-0.05, 0) is 57.1 Å². The fourth-order valence-electron chi connectivity index (χ4n) is 2.68. The van der Waals surface area contributed by atoms with E-state index in [4.69, 9.17) is 5.11 Å². The first-order chi connectivity index (χ1) is 10.5. The molecule has 120 valence electrons. The van der Waals surface area contributed by atoms with Crippen LogP contribution < -0.4 is 5.32 Å². The molecule has 0 radical (unpaired) electrons. The molecule has 22 heavy (non-hydrogen) atoms. The molecule has 0 aliphatic carbocycles. The van der Waals surface area contributed by atoms with Gasteiger partial charge < -0.3 is 15.3 Å². The van der Waals surface area contributed by atoms with Gasteiger partial charge in [-0.2, -0.15) is 0 Å². The van der Waals surface area contributed by atoms with Crippen LogP contribution in [0.4, 0.5) is 10.1 Å². The van der Waals surface area contributed by atoms with E-state index in [1.165, 1.54) is 12.1 Å². The fourth-order valence-corrected chi connectivity index (χ4v) is 2.68. The predicted octanol–water partition coefficient (Wildman–Crippen LogP) is 2.34. The summed E-state index contributed by atoms with van der Waals surface area (Å²) >= 11 is 0. The van der Waals surface area contributed by atoms with Gasteiger partial charge in [-0.1, -0.05) is 6.07 Å². The predicted molar refractivity (Wildman–Crippen MR) is 81.1 cm³/mol. The van der Waals surface area contributed by atoms with Crippen LogP contribution in [0, 0.1) is 11.7 Å². The molecular weight excluding hydrogens is 287 g/mol. The van der Waals surface area contributed by atoms with Gasteiger partial charge in [0, 0.05) is 18.0 Å². The lowest BCUT2D eigenvalue weighted by atomic mass is 9.95. The number of halogens is 1. The van der Waals surface area contributed by atoms with Crippen LogP contribution in [0.5, 0.6) is 0 Å². The highest BCUT2D eigenvalue weighted by Gasteiger charge is 2.24. The first-order valence-corrected chi connectivity index (χ1v) is 7.55. The number of anilines is 1. The number of carboxylic acids is 1. The van der Waals surface area contributed by atoms with Crippen molar-refractivity contribution in [1.29, 1.82) is 0 Å². The molecule has 1 fully saturated rings. The van der Waals surface area contributed by atoms with Gasteiger partial charge in [0.1, 0.15) is 5.82 Å². The van der Waals surface area contributed by atoms with E-state index >= 15 is 0 Å². The number of carbonyl (C=O) groups excluding carboxylic acids is 1. The monoisotopic (exact) mass is 308 g/mol. The number of hydrogen-bond donors (Lipinski definition) is 2. The Hall–Kier alpha value is -1.95. The van der Waals surface area contributed by atoms with Crippen LogP contribution in [0.15, 0.2) is 24.3 Å². The number of carboxylic acid groups (broad SMARTS) is 1. The molecular formula is C16H21FN2O3. The SMILES string of the molecule is O=C(O)CCCN1CCC(C(=O)Nc2cccc(F)c2)CC1. The molecule has 2 N–H and O–H groups in total. The van der Waals surface area contributed by atoms with Gasteiger partial charge in [0.05, 0.1) is 0 Å². The second-order valence-electron chi connectivity index (χ2n) is 5.61. The van der Waals surface area contributed by atoms with Gasteiger partial charge in [-0.25, -0.2) is 4.39 Å². The van der Waals surface area contributed by atoms with E-state index in [1.54, 1.807) is 12.1 Å². The molecule has 1 aliphatic heterocycles. The van der Waals surface area contributed by atoms with Crippen molar-refractivity contribution in [2.45, 2.75) is 25.7 Å². The highest BCUT2D eigenvalue weighted by Crippen LogP contribution is 2.20. The van der Waals surface area contributed by atoms with E-state index in [0.29, 0.717) is 12.1 Å². The Morgan fingerprint density at radius 3 is 2.68 bits per heavy atom. The van der Waals surface area contributed by atoms with Gasteiger partial charge in [-0.3, -0.25) is 9.59 Å². The average molecular weight is 308 g/mol. The average Bonchev–Trinajstić information content (AvgIpc) is 2.47. The molecule has 0 aromatic heterocycles. The summed E-state index contributed by atoms with van der Waals surface area (Å²) in [5.74, 6) is -1.29. The van der Waals surface area contributed by atoms with E-state index in [1.807, 2.05) is 0 Å². The van der Waals surface area contributed by atoms with Gasteiger partial charge in [0.15, 0.2) is 0 Å². The fraction of sp³-hybridized carbons (Fsp3) is 0.500. The molecule has 1 saturated heterocycles. The summed E-state index contributed by atoms with van der Waals surface area (Å²) in [6.45, 7) is 2.34. The molecule has 0 saturated carbocycles. The van der Waals surface area contributed by atoms with Crippen molar-refractivity contribution in [2.75, 3.05) is 25.0 Å². The van der Waals surface area contributed by atoms with Crippen molar-refractivity contribution < 1.29 is 19.1 Å². The highest BCUT2D eigenvalue weighted by molar-refractivity contribution is 5.92. The van der Waals surface area contributed by atoms with E-state index in [0.717, 1.165) is 32.5 Å². The van der Waals surface area contributed by atoms with E-state index in [-0.39, 0.29) is 24.1 Å². The number of nitrogens with one attached hydrogen (secondary N) is 1. The molecule has 1 aliphatic rings. The number of nitrogens with zero attached hydrogens (tertiary/aromatic N) is 1. The highest BCUT2D eigenvalue weighted by atomic mass is 19.1. The molecule has 2 rings (SSSR count). The zero-order valence-electron chi connectivity index (χ0n) is 12.4. The number of likely N-dealkylation sites (tertiary alicyclic amines) is 1. The Labute approximate surface area is 129 Å². The Morgan fingerprint density at radius 1 is 1.32 bits per heavy atom. The topological polar surface area (TPSA) is 69.6 Å². The third kappa shape index (κ3) is 5.11. The standard InChI is InChI=1S/C16H21FN2O3/c17-13-3-1-4-14(11-13)18-16(22)12-6-9-19(10-7-12)8-2-5-15(20)21/h1,3-4,11-12H,2,5-10H2,(H,18,22)(H,20,21). The Morgan fingerprint density at radius 2 is 2.05 bits per heavy atom. The van der Waals surface area contributed by atoms with Crippen molar-refractivity contribution in [3.63, 3.8) is 0 Å². The van der Waals surface area contributed by atoms with Crippen molar-refractivity contribution in [3.8, 4) is 0 Å². The number of aliphatic carboxylic acids is 1. The van der Waals surface area contributed by atoms with E-state index in [9.17, 15) is 14.0 Å². The summed E-state index contributed by atoms with van der Waals surface area (Å²) in [6, 6.07) is 5.88. The number of carbonyl (C=O) groups is 2. The largest absolute Gasteiger partial charge is 0.481 e. The van der Waals surface area contributed by atoms with Crippen LogP contribution >= 0.6 is 0 Å². The Kier molecular flexibility index (Phi) is 5.89. The smallest absolute Gasteiger partial charge is 0.303 e. The summed E-state index contributed by atoms with van der Waals surface area (Å²) in [4.78, 5) is 24.8. The molecule has 1 amide bonds. The summed E-state index contributed by atoms with van der Waals surface area (Å²) in [6.07, 6.45) is 2.30. The maximum Gasteiger partial charge on any atom is 0.303 e. The first-order valence-electron chi connectivity index (χ1n) is 7.55. The Balaban J connectivity index is 1.74. The van der Waals surface area contributed by atoms with Gasteiger partial charge >= 0.3 is 5.97 Å². The van der Waals surface area contributed by atoms with Crippen molar-refractivity contribution in [3.05, 3.63) is 30.1 Å². The lowest BCUT2D eigenvalue weighted by molar-refractivity contribution is -0.137. The number of piperidine rings is 1. The summed E-state index contributed by atoms with van der Waals surface area (Å²) in [7, 11) is 0.